The number of amides is 2. The molecule has 0 aromatic heterocycles. The zero-order chi connectivity index (χ0) is 22.8. The molecule has 6 heteroatoms. The van der Waals surface area contributed by atoms with Gasteiger partial charge in [-0.25, -0.2) is 0 Å². The maximum Gasteiger partial charge on any atom is 0.242 e. The van der Waals surface area contributed by atoms with Gasteiger partial charge in [0, 0.05) is 19.5 Å². The first-order valence-corrected chi connectivity index (χ1v) is 11.7. The summed E-state index contributed by atoms with van der Waals surface area (Å²) in [5.74, 6) is -0.163. The van der Waals surface area contributed by atoms with Crippen LogP contribution >= 0.6 is 23.2 Å². The molecular formula is C25H32Cl2N2O2. The summed E-state index contributed by atoms with van der Waals surface area (Å²) in [5.41, 5.74) is 3.14. The van der Waals surface area contributed by atoms with E-state index in [1.54, 1.807) is 17.0 Å². The lowest BCUT2D eigenvalue weighted by Crippen LogP contribution is -2.49. The van der Waals surface area contributed by atoms with Crippen LogP contribution in [0.2, 0.25) is 10.0 Å². The number of hydrogen-bond donors (Lipinski definition) is 1. The molecule has 0 heterocycles. The van der Waals surface area contributed by atoms with Gasteiger partial charge in [-0.05, 0) is 49.4 Å². The zero-order valence-electron chi connectivity index (χ0n) is 18.6. The number of aryl methyl sites for hydroxylation is 2. The molecule has 1 unspecified atom stereocenters. The topological polar surface area (TPSA) is 49.4 Å². The fraction of sp³-hybridized carbons (Fsp3) is 0.440. The SMILES string of the molecule is CCCCNC(=O)C(CC)N(Cc1ccc(Cl)c(Cl)c1)C(=O)CCc1ccc(C)cc1. The van der Waals surface area contributed by atoms with Crippen LogP contribution in [0.4, 0.5) is 0 Å². The van der Waals surface area contributed by atoms with Gasteiger partial charge in [0.2, 0.25) is 11.8 Å². The van der Waals surface area contributed by atoms with Gasteiger partial charge in [-0.3, -0.25) is 9.59 Å². The summed E-state index contributed by atoms with van der Waals surface area (Å²) in [7, 11) is 0. The van der Waals surface area contributed by atoms with Crippen LogP contribution in [0.15, 0.2) is 42.5 Å². The molecule has 2 rings (SSSR count). The van der Waals surface area contributed by atoms with Crippen molar-refractivity contribution in [3.63, 3.8) is 0 Å². The lowest BCUT2D eigenvalue weighted by Gasteiger charge is -2.31. The Kier molecular flexibility index (Phi) is 10.4. The maximum absolute atomic E-state index is 13.3. The van der Waals surface area contributed by atoms with Gasteiger partial charge in [0.15, 0.2) is 0 Å². The van der Waals surface area contributed by atoms with Crippen LogP contribution < -0.4 is 5.32 Å². The fourth-order valence-corrected chi connectivity index (χ4v) is 3.73. The van der Waals surface area contributed by atoms with Crippen molar-refractivity contribution in [1.29, 1.82) is 0 Å². The third kappa shape index (κ3) is 7.86. The standard InChI is InChI=1S/C25H32Cl2N2O2/c1-4-6-15-28-25(31)23(5-2)29(17-20-11-13-21(26)22(27)16-20)24(30)14-12-19-9-7-18(3)8-10-19/h7-11,13,16,23H,4-6,12,14-15,17H2,1-3H3,(H,28,31). The highest BCUT2D eigenvalue weighted by Crippen LogP contribution is 2.24. The summed E-state index contributed by atoms with van der Waals surface area (Å²) in [5, 5.41) is 3.88. The van der Waals surface area contributed by atoms with Crippen LogP contribution in [0.3, 0.4) is 0 Å². The molecule has 4 nitrogen and oxygen atoms in total. The van der Waals surface area contributed by atoms with E-state index in [2.05, 4.69) is 12.2 Å². The molecule has 0 aliphatic carbocycles. The Morgan fingerprint density at radius 2 is 1.68 bits per heavy atom. The molecule has 0 saturated carbocycles. The maximum atomic E-state index is 13.3. The number of rotatable bonds is 11. The number of nitrogens with zero attached hydrogens (tertiary/aromatic N) is 1. The molecule has 0 bridgehead atoms. The van der Waals surface area contributed by atoms with Crippen molar-refractivity contribution in [3.8, 4) is 0 Å². The van der Waals surface area contributed by atoms with E-state index in [1.165, 1.54) is 5.56 Å². The molecule has 0 saturated heterocycles. The van der Waals surface area contributed by atoms with E-state index in [1.807, 2.05) is 44.2 Å². The minimum Gasteiger partial charge on any atom is -0.354 e. The van der Waals surface area contributed by atoms with Crippen LogP contribution in [0.1, 0.15) is 56.2 Å². The van der Waals surface area contributed by atoms with Crippen molar-refractivity contribution in [2.75, 3.05) is 6.54 Å². The van der Waals surface area contributed by atoms with Crippen molar-refractivity contribution < 1.29 is 9.59 Å². The van der Waals surface area contributed by atoms with E-state index in [9.17, 15) is 9.59 Å². The predicted octanol–water partition coefficient (Wildman–Crippen LogP) is 5.96. The zero-order valence-corrected chi connectivity index (χ0v) is 20.1. The van der Waals surface area contributed by atoms with Crippen molar-refractivity contribution in [2.45, 2.75) is 65.5 Å². The summed E-state index contributed by atoms with van der Waals surface area (Å²) < 4.78 is 0. The van der Waals surface area contributed by atoms with E-state index in [4.69, 9.17) is 23.2 Å². The van der Waals surface area contributed by atoms with Gasteiger partial charge >= 0.3 is 0 Å². The third-order valence-electron chi connectivity index (χ3n) is 5.30. The lowest BCUT2D eigenvalue weighted by atomic mass is 10.0. The smallest absolute Gasteiger partial charge is 0.242 e. The first kappa shape index (κ1) is 25.2. The number of benzene rings is 2. The number of hydrogen-bond acceptors (Lipinski definition) is 2. The number of carbonyl (C=O) groups excluding carboxylic acids is 2. The van der Waals surface area contributed by atoms with E-state index in [-0.39, 0.29) is 11.8 Å². The van der Waals surface area contributed by atoms with Crippen molar-refractivity contribution in [1.82, 2.24) is 10.2 Å². The van der Waals surface area contributed by atoms with Crippen molar-refractivity contribution >= 4 is 35.0 Å². The molecule has 1 N–H and O–H groups in total. The number of halogens is 2. The molecule has 0 aliphatic rings. The van der Waals surface area contributed by atoms with Gasteiger partial charge in [-0.15, -0.1) is 0 Å². The van der Waals surface area contributed by atoms with Crippen LogP contribution in [-0.4, -0.2) is 29.3 Å². The molecule has 168 valence electrons. The minimum atomic E-state index is -0.531. The molecule has 1 atom stereocenters. The normalized spacial score (nSPS) is 11.8. The monoisotopic (exact) mass is 462 g/mol. The average molecular weight is 463 g/mol. The Bertz CT molecular complexity index is 868. The lowest BCUT2D eigenvalue weighted by molar-refractivity contribution is -0.141. The predicted molar refractivity (Wildman–Crippen MR) is 129 cm³/mol. The van der Waals surface area contributed by atoms with Crippen molar-refractivity contribution in [3.05, 3.63) is 69.2 Å². The molecule has 0 fully saturated rings. The van der Waals surface area contributed by atoms with Crippen LogP contribution in [0.25, 0.3) is 0 Å². The van der Waals surface area contributed by atoms with Crippen LogP contribution in [-0.2, 0) is 22.6 Å². The van der Waals surface area contributed by atoms with Crippen molar-refractivity contribution in [2.24, 2.45) is 0 Å². The first-order valence-electron chi connectivity index (χ1n) is 10.9. The largest absolute Gasteiger partial charge is 0.354 e. The fourth-order valence-electron chi connectivity index (χ4n) is 3.41. The highest BCUT2D eigenvalue weighted by Gasteiger charge is 2.28. The van der Waals surface area contributed by atoms with Gasteiger partial charge < -0.3 is 10.2 Å². The highest BCUT2D eigenvalue weighted by atomic mass is 35.5. The Hall–Kier alpha value is -2.04. The summed E-state index contributed by atoms with van der Waals surface area (Å²) in [6.07, 6.45) is 3.42. The third-order valence-corrected chi connectivity index (χ3v) is 6.04. The number of nitrogens with one attached hydrogen (secondary N) is 1. The Labute approximate surface area is 195 Å². The van der Waals surface area contributed by atoms with Crippen LogP contribution in [0, 0.1) is 6.92 Å². The van der Waals surface area contributed by atoms with Gasteiger partial charge in [0.25, 0.3) is 0 Å². The molecule has 0 radical (unpaired) electrons. The van der Waals surface area contributed by atoms with E-state index >= 15 is 0 Å². The van der Waals surface area contributed by atoms with E-state index < -0.39 is 6.04 Å². The Morgan fingerprint density at radius 1 is 1.00 bits per heavy atom. The average Bonchev–Trinajstić information content (AvgIpc) is 2.75. The quantitative estimate of drug-likeness (QED) is 0.418. The summed E-state index contributed by atoms with van der Waals surface area (Å²) >= 11 is 12.2. The van der Waals surface area contributed by atoms with Gasteiger partial charge in [-0.2, -0.15) is 0 Å². The Balaban J connectivity index is 2.19. The molecule has 0 spiro atoms. The number of carbonyl (C=O) groups is 2. The molecular weight excluding hydrogens is 431 g/mol. The van der Waals surface area contributed by atoms with E-state index in [0.29, 0.717) is 42.4 Å². The highest BCUT2D eigenvalue weighted by molar-refractivity contribution is 6.42. The molecule has 0 aliphatic heterocycles. The van der Waals surface area contributed by atoms with Gasteiger partial charge in [-0.1, -0.05) is 79.4 Å². The second-order valence-electron chi connectivity index (χ2n) is 7.82. The molecule has 31 heavy (non-hydrogen) atoms. The number of unbranched alkanes of at least 4 members (excludes halogenated alkanes) is 1. The van der Waals surface area contributed by atoms with Crippen LogP contribution in [0.5, 0.6) is 0 Å². The molecule has 2 amide bonds. The van der Waals surface area contributed by atoms with E-state index in [0.717, 1.165) is 24.0 Å². The summed E-state index contributed by atoms with van der Waals surface area (Å²) in [6, 6.07) is 13.0. The molecule has 2 aromatic rings. The molecule has 2 aromatic carbocycles. The van der Waals surface area contributed by atoms with Gasteiger partial charge in [0.1, 0.15) is 6.04 Å². The minimum absolute atomic E-state index is 0.0517. The second kappa shape index (κ2) is 12.7. The summed E-state index contributed by atoms with van der Waals surface area (Å²) in [4.78, 5) is 27.8. The first-order chi connectivity index (χ1) is 14.8. The second-order valence-corrected chi connectivity index (χ2v) is 8.64. The van der Waals surface area contributed by atoms with Gasteiger partial charge in [0.05, 0.1) is 10.0 Å². The summed E-state index contributed by atoms with van der Waals surface area (Å²) in [6.45, 7) is 6.97. The Morgan fingerprint density at radius 3 is 2.29 bits per heavy atom.